The van der Waals surface area contributed by atoms with E-state index >= 15 is 0 Å². The van der Waals surface area contributed by atoms with Crippen molar-refractivity contribution in [2.45, 2.75) is 32.9 Å². The van der Waals surface area contributed by atoms with Gasteiger partial charge in [-0.3, -0.25) is 0 Å². The van der Waals surface area contributed by atoms with Crippen LogP contribution in [0, 0.1) is 0 Å². The molecule has 1 aromatic carbocycles. The number of hydrogen-bond acceptors (Lipinski definition) is 4. The standard InChI is InChI=1S/C14H21N3O2S/c1-14(2,3)19-13(18)17(4)9-10-5-7-11(8-6-10)12(20)16-15/h5-8H,9,15H2,1-4H3,(H,16,20). The first kappa shape index (κ1) is 16.4. The molecule has 20 heavy (non-hydrogen) atoms. The number of amides is 1. The summed E-state index contributed by atoms with van der Waals surface area (Å²) in [5.74, 6) is 5.26. The number of hydrogen-bond donors (Lipinski definition) is 2. The maximum Gasteiger partial charge on any atom is 0.410 e. The van der Waals surface area contributed by atoms with Gasteiger partial charge in [0.1, 0.15) is 10.6 Å². The number of hydrazine groups is 1. The van der Waals surface area contributed by atoms with Gasteiger partial charge in [-0.2, -0.15) is 0 Å². The molecule has 0 aromatic heterocycles. The van der Waals surface area contributed by atoms with E-state index in [-0.39, 0.29) is 6.09 Å². The van der Waals surface area contributed by atoms with Crippen LogP contribution in [0.1, 0.15) is 31.9 Å². The number of thiocarbonyl (C=S) groups is 1. The molecular weight excluding hydrogens is 274 g/mol. The quantitative estimate of drug-likeness (QED) is 0.508. The summed E-state index contributed by atoms with van der Waals surface area (Å²) in [6, 6.07) is 7.53. The largest absolute Gasteiger partial charge is 0.444 e. The van der Waals surface area contributed by atoms with E-state index in [1.807, 2.05) is 45.0 Å². The molecule has 0 radical (unpaired) electrons. The van der Waals surface area contributed by atoms with Crippen LogP contribution < -0.4 is 11.3 Å². The second-order valence-electron chi connectivity index (χ2n) is 5.51. The molecule has 0 spiro atoms. The van der Waals surface area contributed by atoms with Crippen LogP contribution in [0.4, 0.5) is 4.79 Å². The summed E-state index contributed by atoms with van der Waals surface area (Å²) in [5.41, 5.74) is 3.77. The molecule has 1 amide bonds. The number of nitrogens with one attached hydrogen (secondary N) is 1. The van der Waals surface area contributed by atoms with Crippen LogP contribution in [0.5, 0.6) is 0 Å². The third kappa shape index (κ3) is 5.14. The zero-order chi connectivity index (χ0) is 15.3. The van der Waals surface area contributed by atoms with E-state index in [0.717, 1.165) is 11.1 Å². The third-order valence-electron chi connectivity index (χ3n) is 2.47. The minimum Gasteiger partial charge on any atom is -0.444 e. The van der Waals surface area contributed by atoms with Gasteiger partial charge < -0.3 is 15.1 Å². The Morgan fingerprint density at radius 2 is 1.90 bits per heavy atom. The summed E-state index contributed by atoms with van der Waals surface area (Å²) in [4.78, 5) is 13.9. The molecule has 110 valence electrons. The van der Waals surface area contributed by atoms with Crippen molar-refractivity contribution in [1.82, 2.24) is 10.3 Å². The molecule has 0 unspecified atom stereocenters. The predicted molar refractivity (Wildman–Crippen MR) is 83.2 cm³/mol. The summed E-state index contributed by atoms with van der Waals surface area (Å²) < 4.78 is 5.29. The Balaban J connectivity index is 2.64. The molecule has 6 heteroatoms. The van der Waals surface area contributed by atoms with Gasteiger partial charge in [0.05, 0.1) is 0 Å². The molecule has 0 atom stereocenters. The maximum atomic E-state index is 11.8. The molecular formula is C14H21N3O2S. The van der Waals surface area contributed by atoms with E-state index in [4.69, 9.17) is 22.8 Å². The van der Waals surface area contributed by atoms with E-state index in [2.05, 4.69) is 5.43 Å². The topological polar surface area (TPSA) is 67.6 Å². The molecule has 0 aliphatic carbocycles. The monoisotopic (exact) mass is 295 g/mol. The minimum atomic E-state index is -0.492. The van der Waals surface area contributed by atoms with Crippen LogP contribution in [0.2, 0.25) is 0 Å². The minimum absolute atomic E-state index is 0.347. The lowest BCUT2D eigenvalue weighted by atomic mass is 10.1. The van der Waals surface area contributed by atoms with E-state index in [9.17, 15) is 4.79 Å². The van der Waals surface area contributed by atoms with Gasteiger partial charge in [-0.25, -0.2) is 10.6 Å². The van der Waals surface area contributed by atoms with Crippen molar-refractivity contribution in [3.05, 3.63) is 35.4 Å². The lowest BCUT2D eigenvalue weighted by molar-refractivity contribution is 0.0285. The normalized spacial score (nSPS) is 10.8. The van der Waals surface area contributed by atoms with Crippen molar-refractivity contribution in [3.8, 4) is 0 Å². The smallest absolute Gasteiger partial charge is 0.410 e. The van der Waals surface area contributed by atoms with Gasteiger partial charge in [0.2, 0.25) is 0 Å². The molecule has 3 N–H and O–H groups in total. The molecule has 5 nitrogen and oxygen atoms in total. The van der Waals surface area contributed by atoms with Crippen LogP contribution in [0.3, 0.4) is 0 Å². The lowest BCUT2D eigenvalue weighted by Crippen LogP contribution is -2.33. The van der Waals surface area contributed by atoms with Gasteiger partial charge in [-0.05, 0) is 26.3 Å². The number of carbonyl (C=O) groups is 1. The Bertz CT molecular complexity index is 480. The Morgan fingerprint density at radius 1 is 1.35 bits per heavy atom. The summed E-state index contributed by atoms with van der Waals surface area (Å²) in [6.45, 7) is 5.99. The van der Waals surface area contributed by atoms with Crippen molar-refractivity contribution in [1.29, 1.82) is 0 Å². The Hall–Kier alpha value is -1.66. The number of ether oxygens (including phenoxy) is 1. The highest BCUT2D eigenvalue weighted by Crippen LogP contribution is 2.12. The fourth-order valence-electron chi connectivity index (χ4n) is 1.52. The fraction of sp³-hybridized carbons (Fsp3) is 0.429. The van der Waals surface area contributed by atoms with Gasteiger partial charge in [-0.15, -0.1) is 0 Å². The first-order chi connectivity index (χ1) is 9.23. The van der Waals surface area contributed by atoms with Gasteiger partial charge >= 0.3 is 6.09 Å². The molecule has 0 aliphatic heterocycles. The van der Waals surface area contributed by atoms with Crippen molar-refractivity contribution in [2.24, 2.45) is 5.84 Å². The number of nitrogens with zero attached hydrogens (tertiary/aromatic N) is 1. The summed E-state index contributed by atoms with van der Waals surface area (Å²) in [5, 5.41) is 0. The van der Waals surface area contributed by atoms with Crippen molar-refractivity contribution in [3.63, 3.8) is 0 Å². The highest BCUT2D eigenvalue weighted by atomic mass is 32.1. The van der Waals surface area contributed by atoms with Gasteiger partial charge in [0, 0.05) is 19.2 Å². The van der Waals surface area contributed by atoms with Crippen molar-refractivity contribution < 1.29 is 9.53 Å². The van der Waals surface area contributed by atoms with Gasteiger partial charge in [0.25, 0.3) is 0 Å². The Kier molecular flexibility index (Phi) is 5.47. The molecule has 0 heterocycles. The first-order valence-electron chi connectivity index (χ1n) is 6.27. The summed E-state index contributed by atoms with van der Waals surface area (Å²) in [6.07, 6.45) is -0.347. The summed E-state index contributed by atoms with van der Waals surface area (Å²) in [7, 11) is 1.70. The van der Waals surface area contributed by atoms with Gasteiger partial charge in [-0.1, -0.05) is 36.5 Å². The fourth-order valence-corrected chi connectivity index (χ4v) is 1.66. The zero-order valence-corrected chi connectivity index (χ0v) is 13.1. The van der Waals surface area contributed by atoms with Crippen LogP contribution in [0.25, 0.3) is 0 Å². The van der Waals surface area contributed by atoms with Crippen LogP contribution in [-0.2, 0) is 11.3 Å². The molecule has 0 saturated carbocycles. The Morgan fingerprint density at radius 3 is 2.35 bits per heavy atom. The van der Waals surface area contributed by atoms with E-state index in [1.54, 1.807) is 7.05 Å². The average Bonchev–Trinajstić information content (AvgIpc) is 2.36. The molecule has 0 aliphatic rings. The molecule has 1 rings (SSSR count). The predicted octanol–water partition coefficient (Wildman–Crippen LogP) is 2.19. The SMILES string of the molecule is CN(Cc1ccc(C(=S)NN)cc1)C(=O)OC(C)(C)C. The molecule has 0 bridgehead atoms. The molecule has 0 fully saturated rings. The summed E-state index contributed by atoms with van der Waals surface area (Å²) >= 11 is 5.03. The number of carbonyl (C=O) groups excluding carboxylic acids is 1. The molecule has 1 aromatic rings. The van der Waals surface area contributed by atoms with Gasteiger partial charge in [0.15, 0.2) is 0 Å². The van der Waals surface area contributed by atoms with Crippen LogP contribution in [0.15, 0.2) is 24.3 Å². The maximum absolute atomic E-state index is 11.8. The third-order valence-corrected chi connectivity index (χ3v) is 2.83. The van der Waals surface area contributed by atoms with Crippen molar-refractivity contribution in [2.75, 3.05) is 7.05 Å². The number of nitrogens with two attached hydrogens (primary N) is 1. The zero-order valence-electron chi connectivity index (χ0n) is 12.3. The molecule has 0 saturated heterocycles. The highest BCUT2D eigenvalue weighted by Gasteiger charge is 2.19. The lowest BCUT2D eigenvalue weighted by Gasteiger charge is -2.24. The number of benzene rings is 1. The second-order valence-corrected chi connectivity index (χ2v) is 5.92. The number of rotatable bonds is 3. The van der Waals surface area contributed by atoms with E-state index in [1.165, 1.54) is 4.90 Å². The van der Waals surface area contributed by atoms with E-state index in [0.29, 0.717) is 11.5 Å². The first-order valence-corrected chi connectivity index (χ1v) is 6.68. The van der Waals surface area contributed by atoms with Crippen LogP contribution in [-0.4, -0.2) is 28.6 Å². The second kappa shape index (κ2) is 6.67. The Labute approximate surface area is 125 Å². The highest BCUT2D eigenvalue weighted by molar-refractivity contribution is 7.80. The van der Waals surface area contributed by atoms with E-state index < -0.39 is 5.60 Å². The van der Waals surface area contributed by atoms with Crippen molar-refractivity contribution >= 4 is 23.3 Å². The van der Waals surface area contributed by atoms with Crippen LogP contribution >= 0.6 is 12.2 Å². The average molecular weight is 295 g/mol.